The number of hydrogen-bond donors (Lipinski definition) is 2. The van der Waals surface area contributed by atoms with Crippen LogP contribution in [0.2, 0.25) is 0 Å². The largest absolute Gasteiger partial charge is 0.484 e. The van der Waals surface area contributed by atoms with E-state index in [4.69, 9.17) is 15.6 Å². The highest BCUT2D eigenvalue weighted by Gasteiger charge is 2.29. The molecule has 0 radical (unpaired) electrons. The lowest BCUT2D eigenvalue weighted by Gasteiger charge is -2.12. The maximum Gasteiger partial charge on any atom is 0.308 e. The topological polar surface area (TPSA) is 110 Å². The van der Waals surface area contributed by atoms with Crippen LogP contribution in [0, 0.1) is 5.92 Å². The number of ether oxygens (including phenoxy) is 1. The SMILES string of the molecule is Cl.NC(=O)COc1ccc(/C=C/C(=O)N2CCC(C(=O)O)C2)cc1. The number of primary amides is 1. The zero-order chi connectivity index (χ0) is 16.8. The number of carbonyl (C=O) groups excluding carboxylic acids is 2. The Labute approximate surface area is 145 Å². The molecule has 1 aromatic rings. The van der Waals surface area contributed by atoms with Crippen molar-refractivity contribution in [3.8, 4) is 5.75 Å². The van der Waals surface area contributed by atoms with Crippen LogP contribution in [-0.2, 0) is 14.4 Å². The van der Waals surface area contributed by atoms with Gasteiger partial charge in [-0.1, -0.05) is 12.1 Å². The summed E-state index contributed by atoms with van der Waals surface area (Å²) in [6.07, 6.45) is 3.55. The summed E-state index contributed by atoms with van der Waals surface area (Å²) < 4.78 is 5.13. The molecule has 130 valence electrons. The number of carbonyl (C=O) groups is 3. The van der Waals surface area contributed by atoms with Crippen LogP contribution < -0.4 is 10.5 Å². The number of hydrogen-bond acceptors (Lipinski definition) is 4. The van der Waals surface area contributed by atoms with Gasteiger partial charge in [0.15, 0.2) is 6.61 Å². The van der Waals surface area contributed by atoms with Crippen molar-refractivity contribution in [3.63, 3.8) is 0 Å². The van der Waals surface area contributed by atoms with Gasteiger partial charge in [0, 0.05) is 19.2 Å². The lowest BCUT2D eigenvalue weighted by atomic mass is 10.1. The zero-order valence-corrected chi connectivity index (χ0v) is 13.7. The van der Waals surface area contributed by atoms with E-state index in [-0.39, 0.29) is 31.5 Å². The Morgan fingerprint density at radius 2 is 1.96 bits per heavy atom. The molecule has 3 N–H and O–H groups in total. The fourth-order valence-corrected chi connectivity index (χ4v) is 2.26. The first-order valence-corrected chi connectivity index (χ1v) is 7.16. The first-order chi connectivity index (χ1) is 11.0. The normalized spacial score (nSPS) is 16.7. The predicted octanol–water partition coefficient (Wildman–Crippen LogP) is 0.919. The summed E-state index contributed by atoms with van der Waals surface area (Å²) >= 11 is 0. The summed E-state index contributed by atoms with van der Waals surface area (Å²) in [6.45, 7) is 0.520. The standard InChI is InChI=1S/C16H18N2O5.ClH/c17-14(19)10-23-13-4-1-11(2-5-13)3-6-15(20)18-8-7-12(9-18)16(21)22;/h1-6,12H,7-10H2,(H2,17,19)(H,21,22);1H/b6-3+;. The Morgan fingerprint density at radius 3 is 2.50 bits per heavy atom. The molecule has 24 heavy (non-hydrogen) atoms. The van der Waals surface area contributed by atoms with Crippen LogP contribution in [0.15, 0.2) is 30.3 Å². The fraction of sp³-hybridized carbons (Fsp3) is 0.312. The highest BCUT2D eigenvalue weighted by molar-refractivity contribution is 5.92. The maximum absolute atomic E-state index is 12.0. The minimum absolute atomic E-state index is 0. The number of rotatable bonds is 6. The molecular weight excluding hydrogens is 336 g/mol. The zero-order valence-electron chi connectivity index (χ0n) is 12.9. The second-order valence-corrected chi connectivity index (χ2v) is 5.27. The first-order valence-electron chi connectivity index (χ1n) is 7.16. The molecular formula is C16H19ClN2O5. The van der Waals surface area contributed by atoms with E-state index in [2.05, 4.69) is 0 Å². The van der Waals surface area contributed by atoms with Crippen LogP contribution in [0.4, 0.5) is 0 Å². The summed E-state index contributed by atoms with van der Waals surface area (Å²) in [4.78, 5) is 35.0. The minimum atomic E-state index is -0.865. The Morgan fingerprint density at radius 1 is 1.29 bits per heavy atom. The van der Waals surface area contributed by atoms with Gasteiger partial charge in [0.1, 0.15) is 5.75 Å². The van der Waals surface area contributed by atoms with Gasteiger partial charge in [0.2, 0.25) is 5.91 Å². The first kappa shape index (κ1) is 19.5. The van der Waals surface area contributed by atoms with E-state index < -0.39 is 17.8 Å². The summed E-state index contributed by atoms with van der Waals surface area (Å²) in [6, 6.07) is 6.82. The van der Waals surface area contributed by atoms with Crippen LogP contribution in [0.25, 0.3) is 6.08 Å². The van der Waals surface area contributed by atoms with E-state index in [0.717, 1.165) is 5.56 Å². The van der Waals surface area contributed by atoms with E-state index in [0.29, 0.717) is 18.7 Å². The van der Waals surface area contributed by atoms with Gasteiger partial charge in [-0.2, -0.15) is 0 Å². The van der Waals surface area contributed by atoms with Gasteiger partial charge in [-0.15, -0.1) is 12.4 Å². The summed E-state index contributed by atoms with van der Waals surface area (Å²) in [5.74, 6) is -1.59. The smallest absolute Gasteiger partial charge is 0.308 e. The Balaban J connectivity index is 0.00000288. The van der Waals surface area contributed by atoms with Gasteiger partial charge in [-0.25, -0.2) is 0 Å². The van der Waals surface area contributed by atoms with Crippen molar-refractivity contribution in [3.05, 3.63) is 35.9 Å². The van der Waals surface area contributed by atoms with Gasteiger partial charge in [0.05, 0.1) is 5.92 Å². The van der Waals surface area contributed by atoms with Crippen LogP contribution in [0.5, 0.6) is 5.75 Å². The Kier molecular flexibility index (Phi) is 7.26. The molecule has 0 aromatic heterocycles. The lowest BCUT2D eigenvalue weighted by Crippen LogP contribution is -2.28. The quantitative estimate of drug-likeness (QED) is 0.738. The molecule has 0 saturated carbocycles. The third-order valence-electron chi connectivity index (χ3n) is 3.53. The molecule has 0 bridgehead atoms. The number of carboxylic acids is 1. The monoisotopic (exact) mass is 354 g/mol. The van der Waals surface area contributed by atoms with Crippen molar-refractivity contribution >= 4 is 36.3 Å². The molecule has 1 fully saturated rings. The van der Waals surface area contributed by atoms with Crippen LogP contribution in [0.3, 0.4) is 0 Å². The molecule has 1 aliphatic rings. The molecule has 2 amide bonds. The van der Waals surface area contributed by atoms with Crippen LogP contribution in [0.1, 0.15) is 12.0 Å². The Bertz CT molecular complexity index is 630. The molecule has 1 unspecified atom stereocenters. The molecule has 0 aliphatic carbocycles. The number of likely N-dealkylation sites (tertiary alicyclic amines) is 1. The number of benzene rings is 1. The highest BCUT2D eigenvalue weighted by atomic mass is 35.5. The Hall–Kier alpha value is -2.54. The lowest BCUT2D eigenvalue weighted by molar-refractivity contribution is -0.141. The highest BCUT2D eigenvalue weighted by Crippen LogP contribution is 2.17. The van der Waals surface area contributed by atoms with E-state index in [1.54, 1.807) is 30.3 Å². The van der Waals surface area contributed by atoms with Crippen LogP contribution in [-0.4, -0.2) is 47.5 Å². The molecule has 8 heteroatoms. The van der Waals surface area contributed by atoms with Crippen molar-refractivity contribution in [1.29, 1.82) is 0 Å². The second-order valence-electron chi connectivity index (χ2n) is 5.27. The van der Waals surface area contributed by atoms with E-state index in [1.165, 1.54) is 11.0 Å². The third kappa shape index (κ3) is 5.58. The fourth-order valence-electron chi connectivity index (χ4n) is 2.26. The minimum Gasteiger partial charge on any atom is -0.484 e. The molecule has 7 nitrogen and oxygen atoms in total. The average molecular weight is 355 g/mol. The van der Waals surface area contributed by atoms with E-state index in [1.807, 2.05) is 0 Å². The van der Waals surface area contributed by atoms with Gasteiger partial charge in [0.25, 0.3) is 5.91 Å². The van der Waals surface area contributed by atoms with E-state index in [9.17, 15) is 14.4 Å². The van der Waals surface area contributed by atoms with E-state index >= 15 is 0 Å². The molecule has 1 heterocycles. The molecule has 0 spiro atoms. The summed E-state index contributed by atoms with van der Waals surface area (Å²) in [5.41, 5.74) is 5.78. The van der Waals surface area contributed by atoms with Crippen molar-refractivity contribution in [2.24, 2.45) is 11.7 Å². The number of amides is 2. The summed E-state index contributed by atoms with van der Waals surface area (Å²) in [7, 11) is 0. The van der Waals surface area contributed by atoms with Crippen LogP contribution >= 0.6 is 12.4 Å². The molecule has 1 aliphatic heterocycles. The average Bonchev–Trinajstić information content (AvgIpc) is 3.02. The van der Waals surface area contributed by atoms with Crippen molar-refractivity contribution in [2.75, 3.05) is 19.7 Å². The van der Waals surface area contributed by atoms with Gasteiger partial charge < -0.3 is 20.5 Å². The third-order valence-corrected chi connectivity index (χ3v) is 3.53. The number of halogens is 1. The molecule has 1 aromatic carbocycles. The maximum atomic E-state index is 12.0. The van der Waals surface area contributed by atoms with Crippen molar-refractivity contribution in [1.82, 2.24) is 4.90 Å². The number of nitrogens with two attached hydrogens (primary N) is 1. The summed E-state index contributed by atoms with van der Waals surface area (Å²) in [5, 5.41) is 8.93. The van der Waals surface area contributed by atoms with Crippen molar-refractivity contribution < 1.29 is 24.2 Å². The number of carboxylic acid groups (broad SMARTS) is 1. The molecule has 2 rings (SSSR count). The number of nitrogens with zero attached hydrogens (tertiary/aromatic N) is 1. The molecule has 1 saturated heterocycles. The van der Waals surface area contributed by atoms with Gasteiger partial charge >= 0.3 is 5.97 Å². The molecule has 1 atom stereocenters. The second kappa shape index (κ2) is 8.93. The number of aliphatic carboxylic acids is 1. The van der Waals surface area contributed by atoms with Gasteiger partial charge in [-0.05, 0) is 30.2 Å². The van der Waals surface area contributed by atoms with Gasteiger partial charge in [-0.3, -0.25) is 14.4 Å². The van der Waals surface area contributed by atoms with Crippen molar-refractivity contribution in [2.45, 2.75) is 6.42 Å². The predicted molar refractivity (Wildman–Crippen MR) is 89.7 cm³/mol.